The van der Waals surface area contributed by atoms with Gasteiger partial charge in [0.1, 0.15) is 11.9 Å². The van der Waals surface area contributed by atoms with E-state index in [-0.39, 0.29) is 12.2 Å². The molecule has 0 saturated carbocycles. The number of carboxylic acids is 1. The van der Waals surface area contributed by atoms with Gasteiger partial charge in [-0.25, -0.2) is 14.8 Å². The highest BCUT2D eigenvalue weighted by atomic mass is 19.4. The number of aromatic amines is 1. The summed E-state index contributed by atoms with van der Waals surface area (Å²) >= 11 is 0. The van der Waals surface area contributed by atoms with Gasteiger partial charge in [-0.1, -0.05) is 0 Å². The summed E-state index contributed by atoms with van der Waals surface area (Å²) in [7, 11) is 0. The van der Waals surface area contributed by atoms with Gasteiger partial charge in [-0.15, -0.1) is 0 Å². The number of alkyl halides is 3. The topological polar surface area (TPSA) is 143 Å². The number of nitriles is 1. The maximum absolute atomic E-state index is 10.6. The van der Waals surface area contributed by atoms with Crippen LogP contribution < -0.4 is 15.1 Å². The van der Waals surface area contributed by atoms with Gasteiger partial charge in [0, 0.05) is 74.7 Å². The lowest BCUT2D eigenvalue weighted by atomic mass is 10.1. The zero-order valence-electron chi connectivity index (χ0n) is 21.9. The van der Waals surface area contributed by atoms with Crippen LogP contribution in [0.4, 0.5) is 24.9 Å². The van der Waals surface area contributed by atoms with Gasteiger partial charge in [-0.3, -0.25) is 4.98 Å². The van der Waals surface area contributed by atoms with Gasteiger partial charge in [0.2, 0.25) is 5.95 Å². The number of nitrogens with one attached hydrogen (secondary N) is 2. The van der Waals surface area contributed by atoms with Crippen LogP contribution >= 0.6 is 0 Å². The molecule has 3 N–H and O–H groups in total. The lowest BCUT2D eigenvalue weighted by Gasteiger charge is -2.35. The van der Waals surface area contributed by atoms with Crippen LogP contribution in [0, 0.1) is 11.3 Å². The van der Waals surface area contributed by atoms with Gasteiger partial charge in [-0.2, -0.15) is 18.4 Å². The third kappa shape index (κ3) is 7.04. The quantitative estimate of drug-likeness (QED) is 0.437. The molecule has 3 aromatic rings. The number of H-pyrrole nitrogens is 1. The van der Waals surface area contributed by atoms with Crippen molar-refractivity contribution in [3.05, 3.63) is 42.4 Å². The first-order valence-electron chi connectivity index (χ1n) is 12.6. The lowest BCUT2D eigenvalue weighted by Crippen LogP contribution is -2.46. The highest BCUT2D eigenvalue weighted by Gasteiger charge is 2.38. The molecule has 2 aliphatic rings. The van der Waals surface area contributed by atoms with Crippen LogP contribution in [-0.4, -0.2) is 88.7 Å². The molecule has 0 unspecified atom stereocenters. The molecule has 2 aliphatic heterocycles. The number of halogens is 3. The van der Waals surface area contributed by atoms with Gasteiger partial charge in [0.15, 0.2) is 0 Å². The fourth-order valence-corrected chi connectivity index (χ4v) is 4.54. The van der Waals surface area contributed by atoms with Gasteiger partial charge in [0.05, 0.1) is 23.5 Å². The second-order valence-corrected chi connectivity index (χ2v) is 9.46. The summed E-state index contributed by atoms with van der Waals surface area (Å²) in [5.41, 5.74) is 4.17. The van der Waals surface area contributed by atoms with Crippen molar-refractivity contribution >= 4 is 17.7 Å². The number of aromatic nitrogens is 4. The van der Waals surface area contributed by atoms with Crippen molar-refractivity contribution in [1.82, 2.24) is 25.3 Å². The van der Waals surface area contributed by atoms with E-state index >= 15 is 0 Å². The van der Waals surface area contributed by atoms with Crippen LogP contribution in [0.2, 0.25) is 0 Å². The summed E-state index contributed by atoms with van der Waals surface area (Å²) in [6.07, 6.45) is 0.643. The summed E-state index contributed by atoms with van der Waals surface area (Å²) in [5, 5.41) is 20.1. The first-order chi connectivity index (χ1) is 19.0. The first-order valence-corrected chi connectivity index (χ1v) is 12.6. The number of carboxylic acid groups (broad SMARTS) is 1. The number of piperazine rings is 1. The van der Waals surface area contributed by atoms with Crippen molar-refractivity contribution in [3.63, 3.8) is 0 Å². The number of hydrogen-bond acceptors (Lipinski definition) is 9. The van der Waals surface area contributed by atoms with Gasteiger partial charge in [0.25, 0.3) is 0 Å². The Morgan fingerprint density at radius 3 is 2.27 bits per heavy atom. The maximum atomic E-state index is 10.6. The molecule has 0 bridgehead atoms. The van der Waals surface area contributed by atoms with Crippen LogP contribution in [0.5, 0.6) is 0 Å². The predicted molar refractivity (Wildman–Crippen MR) is 141 cm³/mol. The fraction of sp³-hybridized carbons (Fsp3) is 0.423. The molecule has 0 spiro atoms. The van der Waals surface area contributed by atoms with Crippen LogP contribution in [0.15, 0.2) is 36.8 Å². The van der Waals surface area contributed by atoms with Gasteiger partial charge in [-0.05, 0) is 32.0 Å². The third-order valence-electron chi connectivity index (χ3n) is 6.30. The van der Waals surface area contributed by atoms with E-state index in [1.54, 1.807) is 6.20 Å². The fourth-order valence-electron chi connectivity index (χ4n) is 4.54. The first kappa shape index (κ1) is 28.8. The Morgan fingerprint density at radius 1 is 1.07 bits per heavy atom. The normalized spacial score (nSPS) is 19.4. The molecule has 0 amide bonds. The largest absolute Gasteiger partial charge is 0.490 e. The minimum Gasteiger partial charge on any atom is -0.475 e. The number of aliphatic carboxylic acids is 1. The molecule has 40 heavy (non-hydrogen) atoms. The van der Waals surface area contributed by atoms with Crippen molar-refractivity contribution < 1.29 is 27.8 Å². The van der Waals surface area contributed by atoms with Crippen molar-refractivity contribution in [2.24, 2.45) is 0 Å². The van der Waals surface area contributed by atoms with Crippen molar-refractivity contribution in [2.45, 2.75) is 32.2 Å². The van der Waals surface area contributed by atoms with E-state index < -0.39 is 12.1 Å². The molecule has 5 rings (SSSR count). The molecule has 212 valence electrons. The zero-order chi connectivity index (χ0) is 28.9. The van der Waals surface area contributed by atoms with E-state index in [0.717, 1.165) is 67.6 Å². The summed E-state index contributed by atoms with van der Waals surface area (Å²) in [6, 6.07) is 8.20. The molecule has 5 heterocycles. The number of rotatable bonds is 4. The second kappa shape index (κ2) is 12.3. The molecular weight excluding hydrogens is 529 g/mol. The van der Waals surface area contributed by atoms with Crippen LogP contribution in [0.1, 0.15) is 19.4 Å². The minimum atomic E-state index is -5.08. The Morgan fingerprint density at radius 2 is 1.70 bits per heavy atom. The Labute approximate surface area is 228 Å². The number of anilines is 2. The van der Waals surface area contributed by atoms with E-state index in [9.17, 15) is 18.4 Å². The number of morpholine rings is 1. The standard InChI is InChI=1S/C24H28N8O.C2HF3O2/c1-16-14-32(15-17(2)33-16)24-28-12-20(13-29-24)21-9-18(3-4-27-21)22-10-19(11-25)23(30-22)31-7-5-26-6-8-31;3-2(4,5)1(6)7/h3-4,9-10,12-13,16-17,26,30H,5-8,14-15H2,1-2H3;(H,6,7)/t16-,17+;. The number of carbonyl (C=O) groups is 1. The highest BCUT2D eigenvalue weighted by Crippen LogP contribution is 2.29. The number of pyridine rings is 1. The van der Waals surface area contributed by atoms with Gasteiger partial charge < -0.3 is 29.9 Å². The molecule has 0 aromatic carbocycles. The van der Waals surface area contributed by atoms with Crippen molar-refractivity contribution in [3.8, 4) is 28.6 Å². The SMILES string of the molecule is C[C@@H]1CN(c2ncc(-c3cc(-c4cc(C#N)c(N5CCNCC5)[nH]4)ccn3)cn2)C[C@H](C)O1.O=C(O)C(F)(F)F. The van der Waals surface area contributed by atoms with E-state index in [0.29, 0.717) is 11.5 Å². The van der Waals surface area contributed by atoms with Crippen molar-refractivity contribution in [2.75, 3.05) is 49.1 Å². The second-order valence-electron chi connectivity index (χ2n) is 9.46. The molecule has 2 saturated heterocycles. The molecule has 2 atom stereocenters. The predicted octanol–water partition coefficient (Wildman–Crippen LogP) is 3.06. The molecule has 0 aliphatic carbocycles. The minimum absolute atomic E-state index is 0.153. The van der Waals surface area contributed by atoms with Gasteiger partial charge >= 0.3 is 12.1 Å². The van der Waals surface area contributed by atoms with E-state index in [1.807, 2.05) is 30.6 Å². The Hall–Kier alpha value is -4.22. The van der Waals surface area contributed by atoms with Crippen LogP contribution in [0.3, 0.4) is 0 Å². The average Bonchev–Trinajstić information content (AvgIpc) is 3.38. The Bertz CT molecular complexity index is 1340. The molecule has 14 heteroatoms. The van der Waals surface area contributed by atoms with E-state index in [1.165, 1.54) is 0 Å². The number of nitrogens with zero attached hydrogens (tertiary/aromatic N) is 6. The molecular formula is C26H29F3N8O3. The number of ether oxygens (including phenoxy) is 1. The Balaban J connectivity index is 0.000000470. The summed E-state index contributed by atoms with van der Waals surface area (Å²) in [5.74, 6) is -1.16. The number of hydrogen-bond donors (Lipinski definition) is 3. The van der Waals surface area contributed by atoms with Crippen LogP contribution in [-0.2, 0) is 9.53 Å². The monoisotopic (exact) mass is 558 g/mol. The zero-order valence-corrected chi connectivity index (χ0v) is 21.9. The third-order valence-corrected chi connectivity index (χ3v) is 6.30. The summed E-state index contributed by atoms with van der Waals surface area (Å²) < 4.78 is 37.5. The molecule has 0 radical (unpaired) electrons. The molecule has 2 fully saturated rings. The molecule has 3 aromatic heterocycles. The van der Waals surface area contributed by atoms with Crippen molar-refractivity contribution in [1.29, 1.82) is 5.26 Å². The molecule has 11 nitrogen and oxygen atoms in total. The average molecular weight is 559 g/mol. The van der Waals surface area contributed by atoms with E-state index in [2.05, 4.69) is 55.0 Å². The van der Waals surface area contributed by atoms with E-state index in [4.69, 9.17) is 14.6 Å². The van der Waals surface area contributed by atoms with Crippen LogP contribution in [0.25, 0.3) is 22.5 Å². The maximum Gasteiger partial charge on any atom is 0.490 e. The smallest absolute Gasteiger partial charge is 0.475 e. The summed E-state index contributed by atoms with van der Waals surface area (Å²) in [4.78, 5) is 30.5. The summed E-state index contributed by atoms with van der Waals surface area (Å²) in [6.45, 7) is 9.27. The Kier molecular flexibility index (Phi) is 8.86. The lowest BCUT2D eigenvalue weighted by molar-refractivity contribution is -0.192. The highest BCUT2D eigenvalue weighted by molar-refractivity contribution is 5.73.